The first-order chi connectivity index (χ1) is 17.6. The highest BCUT2D eigenvalue weighted by Gasteiger charge is 2.60. The lowest BCUT2D eigenvalue weighted by atomic mass is 9.74. The predicted molar refractivity (Wildman–Crippen MR) is 137 cm³/mol. The van der Waals surface area contributed by atoms with Crippen molar-refractivity contribution in [3.05, 3.63) is 41.1 Å². The highest BCUT2D eigenvalue weighted by Crippen LogP contribution is 2.48. The Kier molecular flexibility index (Phi) is 6.96. The smallest absolute Gasteiger partial charge is 0.339 e. The molecule has 2 aliphatic heterocycles. The van der Waals surface area contributed by atoms with Crippen LogP contribution in [-0.2, 0) is 15.0 Å². The summed E-state index contributed by atoms with van der Waals surface area (Å²) in [5.41, 5.74) is 4.05. The van der Waals surface area contributed by atoms with Gasteiger partial charge in [0.15, 0.2) is 0 Å². The first-order valence-electron chi connectivity index (χ1n) is 13.6. The molecule has 1 atom stereocenters. The van der Waals surface area contributed by atoms with Crippen molar-refractivity contribution in [2.24, 2.45) is 16.8 Å². The summed E-state index contributed by atoms with van der Waals surface area (Å²) in [5, 5.41) is 0. The van der Waals surface area contributed by atoms with Gasteiger partial charge >= 0.3 is 6.18 Å². The van der Waals surface area contributed by atoms with E-state index >= 15 is 0 Å². The molecule has 1 aromatic carbocycles. The Balaban J connectivity index is 1.38. The number of aliphatic imine (C=N–C) groups is 1. The molecule has 2 fully saturated rings. The maximum absolute atomic E-state index is 13.9. The number of carbonyl (C=O) groups is 2. The number of unbranched alkanes of at least 4 members (excludes halogenated alkanes) is 1. The lowest BCUT2D eigenvalue weighted by Gasteiger charge is -2.47. The van der Waals surface area contributed by atoms with Crippen molar-refractivity contribution < 1.29 is 22.8 Å². The van der Waals surface area contributed by atoms with Crippen molar-refractivity contribution in [1.29, 1.82) is 0 Å². The minimum atomic E-state index is -4.17. The Bertz CT molecular complexity index is 1130. The molecule has 5 nitrogen and oxygen atoms in total. The lowest BCUT2D eigenvalue weighted by molar-refractivity contribution is -0.145. The van der Waals surface area contributed by atoms with Crippen LogP contribution in [0.25, 0.3) is 0 Å². The second kappa shape index (κ2) is 9.91. The van der Waals surface area contributed by atoms with E-state index in [4.69, 9.17) is 4.99 Å². The summed E-state index contributed by atoms with van der Waals surface area (Å²) in [6.07, 6.45) is 0.669. The number of halogens is 3. The van der Waals surface area contributed by atoms with Crippen LogP contribution in [0.2, 0.25) is 0 Å². The minimum Gasteiger partial charge on any atom is -0.339 e. The number of fused-ring (bicyclic) bond motifs is 2. The van der Waals surface area contributed by atoms with Crippen LogP contribution in [0.4, 0.5) is 18.9 Å². The van der Waals surface area contributed by atoms with Gasteiger partial charge in [0.2, 0.25) is 11.8 Å². The van der Waals surface area contributed by atoms with Gasteiger partial charge in [-0.15, -0.1) is 0 Å². The number of benzene rings is 1. The summed E-state index contributed by atoms with van der Waals surface area (Å²) in [6.45, 7) is 5.34. The molecule has 1 aromatic rings. The number of carbonyl (C=O) groups excluding carboxylic acids is 2. The minimum absolute atomic E-state index is 0.0285. The number of rotatable bonds is 8. The van der Waals surface area contributed by atoms with Gasteiger partial charge in [-0.2, -0.15) is 13.2 Å². The van der Waals surface area contributed by atoms with E-state index in [2.05, 4.69) is 13.8 Å². The number of hydrogen-bond donors (Lipinski definition) is 0. The Hall–Kier alpha value is -2.64. The number of likely N-dealkylation sites (tertiary alicyclic amines) is 1. The first kappa shape index (κ1) is 26.0. The van der Waals surface area contributed by atoms with Gasteiger partial charge in [0, 0.05) is 42.5 Å². The summed E-state index contributed by atoms with van der Waals surface area (Å²) >= 11 is 0. The molecule has 4 aliphatic rings. The zero-order valence-electron chi connectivity index (χ0n) is 21.7. The molecule has 1 saturated carbocycles. The largest absolute Gasteiger partial charge is 0.389 e. The van der Waals surface area contributed by atoms with Crippen molar-refractivity contribution in [3.8, 4) is 0 Å². The molecule has 1 spiro atoms. The van der Waals surface area contributed by atoms with Crippen molar-refractivity contribution in [2.75, 3.05) is 24.5 Å². The van der Waals surface area contributed by atoms with Crippen LogP contribution < -0.4 is 4.90 Å². The zero-order chi connectivity index (χ0) is 26.4. The SMILES string of the molecule is CC1=C(N=C(CCCCC(F)(F)F)CN2C(=O)C3(CN(C(=O)C4CC4)C3)c3ccccc32)CC(C)CC1. The van der Waals surface area contributed by atoms with Gasteiger partial charge in [0.1, 0.15) is 5.41 Å². The third-order valence-corrected chi connectivity index (χ3v) is 8.38. The molecule has 37 heavy (non-hydrogen) atoms. The maximum atomic E-state index is 13.9. The average Bonchev–Trinajstić information content (AvgIpc) is 3.63. The topological polar surface area (TPSA) is 53.0 Å². The standard InChI is InChI=1S/C29H36F3N3O2/c1-19-10-11-20(2)24(15-19)33-22(7-5-6-14-29(30,31)32)16-35-25-9-4-3-8-23(25)28(27(35)37)17-34(18-28)26(36)21-12-13-21/h3-4,8-9,19,21H,5-7,10-18H2,1-2H3. The van der Waals surface area contributed by atoms with Crippen LogP contribution in [0.5, 0.6) is 0 Å². The number of anilines is 1. The van der Waals surface area contributed by atoms with E-state index in [1.165, 1.54) is 5.57 Å². The summed E-state index contributed by atoms with van der Waals surface area (Å²) < 4.78 is 38.2. The molecule has 0 N–H and O–H groups in total. The summed E-state index contributed by atoms with van der Waals surface area (Å²) in [7, 11) is 0. The third kappa shape index (κ3) is 5.34. The van der Waals surface area contributed by atoms with Crippen molar-refractivity contribution in [2.45, 2.75) is 83.2 Å². The van der Waals surface area contributed by atoms with E-state index in [1.807, 2.05) is 24.3 Å². The second-order valence-electron chi connectivity index (χ2n) is 11.5. The fraction of sp³-hybridized carbons (Fsp3) is 0.621. The second-order valence-corrected chi connectivity index (χ2v) is 11.5. The van der Waals surface area contributed by atoms with Crippen molar-refractivity contribution in [3.63, 3.8) is 0 Å². The molecule has 200 valence electrons. The van der Waals surface area contributed by atoms with Gasteiger partial charge in [0.05, 0.1) is 6.54 Å². The molecule has 0 bridgehead atoms. The molecule has 5 rings (SSSR count). The number of para-hydroxylation sites is 1. The average molecular weight is 516 g/mol. The Morgan fingerprint density at radius 3 is 2.57 bits per heavy atom. The van der Waals surface area contributed by atoms with E-state index in [0.29, 0.717) is 31.8 Å². The van der Waals surface area contributed by atoms with Crippen LogP contribution in [-0.4, -0.2) is 48.2 Å². The van der Waals surface area contributed by atoms with Gasteiger partial charge in [-0.3, -0.25) is 14.6 Å². The number of nitrogens with zero attached hydrogens (tertiary/aromatic N) is 3. The van der Waals surface area contributed by atoms with Gasteiger partial charge in [0.25, 0.3) is 0 Å². The maximum Gasteiger partial charge on any atom is 0.389 e. The van der Waals surface area contributed by atoms with Crippen molar-refractivity contribution >= 4 is 23.2 Å². The summed E-state index contributed by atoms with van der Waals surface area (Å²) in [6, 6.07) is 7.73. The molecule has 0 radical (unpaired) electrons. The molecule has 8 heteroatoms. The molecule has 0 aromatic heterocycles. The fourth-order valence-electron chi connectivity index (χ4n) is 5.96. The normalized spacial score (nSPS) is 23.5. The molecular weight excluding hydrogens is 479 g/mol. The van der Waals surface area contributed by atoms with Gasteiger partial charge in [-0.1, -0.05) is 30.7 Å². The van der Waals surface area contributed by atoms with Crippen LogP contribution in [0.15, 0.2) is 40.5 Å². The molecule has 1 saturated heterocycles. The highest BCUT2D eigenvalue weighted by atomic mass is 19.4. The molecule has 2 amide bonds. The quantitative estimate of drug-likeness (QED) is 0.307. The van der Waals surface area contributed by atoms with E-state index < -0.39 is 18.0 Å². The van der Waals surface area contributed by atoms with Crippen LogP contribution in [0.3, 0.4) is 0 Å². The number of alkyl halides is 3. The highest BCUT2D eigenvalue weighted by molar-refractivity contribution is 6.13. The Morgan fingerprint density at radius 1 is 1.14 bits per heavy atom. The Morgan fingerprint density at radius 2 is 1.86 bits per heavy atom. The molecular formula is C29H36F3N3O2. The molecule has 2 aliphatic carbocycles. The monoisotopic (exact) mass is 515 g/mol. The fourth-order valence-corrected chi connectivity index (χ4v) is 5.96. The number of hydrogen-bond acceptors (Lipinski definition) is 3. The van der Waals surface area contributed by atoms with Gasteiger partial charge in [-0.05, 0) is 75.8 Å². The van der Waals surface area contributed by atoms with E-state index in [9.17, 15) is 22.8 Å². The predicted octanol–water partition coefficient (Wildman–Crippen LogP) is 6.18. The lowest BCUT2D eigenvalue weighted by Crippen LogP contribution is -2.65. The number of amides is 2. The van der Waals surface area contributed by atoms with Gasteiger partial charge in [-0.25, -0.2) is 0 Å². The number of allylic oxidation sites excluding steroid dienone is 2. The van der Waals surface area contributed by atoms with Crippen LogP contribution in [0, 0.1) is 11.8 Å². The van der Waals surface area contributed by atoms with Gasteiger partial charge < -0.3 is 9.80 Å². The van der Waals surface area contributed by atoms with Crippen LogP contribution in [0.1, 0.15) is 77.2 Å². The first-order valence-corrected chi connectivity index (χ1v) is 13.6. The van der Waals surface area contributed by atoms with E-state index in [1.54, 1.807) is 9.80 Å². The summed E-state index contributed by atoms with van der Waals surface area (Å²) in [5.74, 6) is 0.746. The molecule has 1 unspecified atom stereocenters. The summed E-state index contributed by atoms with van der Waals surface area (Å²) in [4.78, 5) is 35.1. The van der Waals surface area contributed by atoms with E-state index in [0.717, 1.165) is 54.8 Å². The third-order valence-electron chi connectivity index (χ3n) is 8.38. The zero-order valence-corrected chi connectivity index (χ0v) is 21.7. The Labute approximate surface area is 216 Å². The van der Waals surface area contributed by atoms with E-state index in [-0.39, 0.29) is 30.7 Å². The van der Waals surface area contributed by atoms with Crippen molar-refractivity contribution in [1.82, 2.24) is 4.90 Å². The van der Waals surface area contributed by atoms with Crippen LogP contribution >= 0.6 is 0 Å². The molecule has 2 heterocycles.